The normalized spacial score (nSPS) is 10.7. The van der Waals surface area contributed by atoms with Crippen LogP contribution in [-0.4, -0.2) is 9.97 Å². The third-order valence-corrected chi connectivity index (χ3v) is 2.95. The van der Waals surface area contributed by atoms with Crippen LogP contribution in [0.1, 0.15) is 5.56 Å². The molecule has 0 aliphatic rings. The van der Waals surface area contributed by atoms with Crippen LogP contribution in [0.25, 0.3) is 10.9 Å². The maximum Gasteiger partial charge on any atom is 0.222 e. The van der Waals surface area contributed by atoms with E-state index in [0.29, 0.717) is 0 Å². The largest absolute Gasteiger partial charge is 0.226 e. The first-order valence-corrected chi connectivity index (χ1v) is 4.93. The molecule has 2 aromatic rings. The number of aromatic nitrogens is 2. The first-order chi connectivity index (χ1) is 6.18. The summed E-state index contributed by atoms with van der Waals surface area (Å²) in [4.78, 5) is 8.08. The van der Waals surface area contributed by atoms with E-state index < -0.39 is 0 Å². The molecular formula is C9H6BrClN2. The van der Waals surface area contributed by atoms with E-state index in [0.717, 1.165) is 20.9 Å². The van der Waals surface area contributed by atoms with Gasteiger partial charge in [0.2, 0.25) is 5.28 Å². The van der Waals surface area contributed by atoms with Gasteiger partial charge in [-0.1, -0.05) is 22.0 Å². The maximum atomic E-state index is 5.71. The molecule has 2 rings (SSSR count). The summed E-state index contributed by atoms with van der Waals surface area (Å²) in [5, 5.41) is 1.29. The van der Waals surface area contributed by atoms with Crippen LogP contribution in [0.3, 0.4) is 0 Å². The van der Waals surface area contributed by atoms with Gasteiger partial charge >= 0.3 is 0 Å². The van der Waals surface area contributed by atoms with E-state index in [4.69, 9.17) is 11.6 Å². The van der Waals surface area contributed by atoms with Gasteiger partial charge in [-0.2, -0.15) is 0 Å². The van der Waals surface area contributed by atoms with Crippen molar-refractivity contribution in [3.8, 4) is 0 Å². The van der Waals surface area contributed by atoms with Gasteiger partial charge < -0.3 is 0 Å². The standard InChI is InChI=1S/C9H6BrClN2/c1-5-7(10)3-2-6-4-12-9(11)13-8(5)6/h2-4H,1H3. The van der Waals surface area contributed by atoms with Gasteiger partial charge in [-0.3, -0.25) is 0 Å². The molecule has 1 aromatic heterocycles. The molecule has 4 heteroatoms. The first-order valence-electron chi connectivity index (χ1n) is 3.76. The number of rotatable bonds is 0. The van der Waals surface area contributed by atoms with Crippen molar-refractivity contribution in [1.82, 2.24) is 9.97 Å². The fraction of sp³-hybridized carbons (Fsp3) is 0.111. The number of aryl methyl sites for hydroxylation is 1. The SMILES string of the molecule is Cc1c(Br)ccc2cnc(Cl)nc12. The predicted molar refractivity (Wildman–Crippen MR) is 57.0 cm³/mol. The van der Waals surface area contributed by atoms with Crippen LogP contribution in [-0.2, 0) is 0 Å². The number of hydrogen-bond donors (Lipinski definition) is 0. The summed E-state index contributed by atoms with van der Waals surface area (Å²) in [5.74, 6) is 0. The fourth-order valence-electron chi connectivity index (χ4n) is 1.19. The molecule has 0 aliphatic heterocycles. The van der Waals surface area contributed by atoms with E-state index in [2.05, 4.69) is 25.9 Å². The van der Waals surface area contributed by atoms with Gasteiger partial charge in [0.05, 0.1) is 5.52 Å². The number of benzene rings is 1. The van der Waals surface area contributed by atoms with Gasteiger partial charge in [0.1, 0.15) is 0 Å². The second kappa shape index (κ2) is 3.24. The Balaban J connectivity index is 2.89. The lowest BCUT2D eigenvalue weighted by atomic mass is 10.1. The highest BCUT2D eigenvalue weighted by Crippen LogP contribution is 2.24. The summed E-state index contributed by atoms with van der Waals surface area (Å²) in [6.45, 7) is 2.00. The summed E-state index contributed by atoms with van der Waals surface area (Å²) >= 11 is 9.14. The third-order valence-electron chi connectivity index (χ3n) is 1.91. The smallest absolute Gasteiger partial charge is 0.222 e. The molecular weight excluding hydrogens is 251 g/mol. The molecule has 0 radical (unpaired) electrons. The van der Waals surface area contributed by atoms with Crippen molar-refractivity contribution >= 4 is 38.4 Å². The highest BCUT2D eigenvalue weighted by Gasteiger charge is 2.03. The molecule has 2 nitrogen and oxygen atoms in total. The zero-order chi connectivity index (χ0) is 9.42. The summed E-state index contributed by atoms with van der Waals surface area (Å²) < 4.78 is 1.04. The number of fused-ring (bicyclic) bond motifs is 1. The van der Waals surface area contributed by atoms with Crippen molar-refractivity contribution in [3.05, 3.63) is 33.6 Å². The van der Waals surface area contributed by atoms with E-state index in [9.17, 15) is 0 Å². The van der Waals surface area contributed by atoms with Gasteiger partial charge in [-0.25, -0.2) is 9.97 Å². The molecule has 0 saturated heterocycles. The molecule has 0 atom stereocenters. The van der Waals surface area contributed by atoms with Crippen molar-refractivity contribution in [2.75, 3.05) is 0 Å². The van der Waals surface area contributed by atoms with E-state index >= 15 is 0 Å². The van der Waals surface area contributed by atoms with Crippen molar-refractivity contribution in [2.45, 2.75) is 6.92 Å². The molecule has 0 aliphatic carbocycles. The average Bonchev–Trinajstić information content (AvgIpc) is 2.12. The zero-order valence-corrected chi connectivity index (χ0v) is 9.22. The van der Waals surface area contributed by atoms with Crippen LogP contribution in [0.15, 0.2) is 22.8 Å². The monoisotopic (exact) mass is 256 g/mol. The van der Waals surface area contributed by atoms with Gasteiger partial charge in [0.15, 0.2) is 0 Å². The minimum Gasteiger partial charge on any atom is -0.226 e. The number of halogens is 2. The summed E-state index contributed by atoms with van der Waals surface area (Å²) in [6, 6.07) is 3.94. The van der Waals surface area contributed by atoms with E-state index in [1.807, 2.05) is 19.1 Å². The molecule has 1 heterocycles. The average molecular weight is 258 g/mol. The van der Waals surface area contributed by atoms with E-state index in [1.54, 1.807) is 6.20 Å². The van der Waals surface area contributed by atoms with E-state index in [1.165, 1.54) is 0 Å². The quantitative estimate of drug-likeness (QED) is 0.676. The van der Waals surface area contributed by atoms with Gasteiger partial charge in [-0.05, 0) is 30.2 Å². The van der Waals surface area contributed by atoms with Crippen molar-refractivity contribution in [2.24, 2.45) is 0 Å². The lowest BCUT2D eigenvalue weighted by Gasteiger charge is -2.02. The van der Waals surface area contributed by atoms with Crippen molar-refractivity contribution in [3.63, 3.8) is 0 Å². The molecule has 1 aromatic carbocycles. The fourth-order valence-corrected chi connectivity index (χ4v) is 1.65. The Hall–Kier alpha value is -0.670. The van der Waals surface area contributed by atoms with Crippen molar-refractivity contribution < 1.29 is 0 Å². The Morgan fingerprint density at radius 1 is 1.38 bits per heavy atom. The number of hydrogen-bond acceptors (Lipinski definition) is 2. The summed E-state index contributed by atoms with van der Waals surface area (Å²) in [6.07, 6.45) is 1.73. The Labute approximate surface area is 89.1 Å². The van der Waals surface area contributed by atoms with Crippen LogP contribution in [0.4, 0.5) is 0 Å². The Kier molecular flexibility index (Phi) is 2.22. The molecule has 0 unspecified atom stereocenters. The van der Waals surface area contributed by atoms with Gasteiger partial charge in [0.25, 0.3) is 0 Å². The molecule has 0 saturated carbocycles. The van der Waals surface area contributed by atoms with Crippen LogP contribution in [0, 0.1) is 6.92 Å². The predicted octanol–water partition coefficient (Wildman–Crippen LogP) is 3.35. The van der Waals surface area contributed by atoms with Crippen LogP contribution in [0.2, 0.25) is 5.28 Å². The minimum atomic E-state index is 0.286. The lowest BCUT2D eigenvalue weighted by molar-refractivity contribution is 1.21. The van der Waals surface area contributed by atoms with Crippen LogP contribution >= 0.6 is 27.5 Å². The molecule has 66 valence electrons. The molecule has 0 bridgehead atoms. The molecule has 0 spiro atoms. The van der Waals surface area contributed by atoms with Gasteiger partial charge in [0, 0.05) is 16.1 Å². The van der Waals surface area contributed by atoms with E-state index in [-0.39, 0.29) is 5.28 Å². The molecule has 0 N–H and O–H groups in total. The third kappa shape index (κ3) is 1.54. The molecule has 0 fully saturated rings. The Morgan fingerprint density at radius 3 is 2.92 bits per heavy atom. The van der Waals surface area contributed by atoms with Gasteiger partial charge in [-0.15, -0.1) is 0 Å². The second-order valence-corrected chi connectivity index (χ2v) is 3.94. The second-order valence-electron chi connectivity index (χ2n) is 2.75. The van der Waals surface area contributed by atoms with Crippen LogP contribution in [0.5, 0.6) is 0 Å². The topological polar surface area (TPSA) is 25.8 Å². The van der Waals surface area contributed by atoms with Crippen LogP contribution < -0.4 is 0 Å². The minimum absolute atomic E-state index is 0.286. The Bertz CT molecular complexity index is 465. The molecule has 13 heavy (non-hydrogen) atoms. The number of nitrogens with zero attached hydrogens (tertiary/aromatic N) is 2. The summed E-state index contributed by atoms with van der Waals surface area (Å²) in [5.41, 5.74) is 1.98. The van der Waals surface area contributed by atoms with Crippen molar-refractivity contribution in [1.29, 1.82) is 0 Å². The maximum absolute atomic E-state index is 5.71. The lowest BCUT2D eigenvalue weighted by Crippen LogP contribution is -1.87. The molecule has 0 amide bonds. The highest BCUT2D eigenvalue weighted by atomic mass is 79.9. The summed E-state index contributed by atoms with van der Waals surface area (Å²) in [7, 11) is 0. The highest BCUT2D eigenvalue weighted by molar-refractivity contribution is 9.10. The Morgan fingerprint density at radius 2 is 2.15 bits per heavy atom. The first kappa shape index (κ1) is 8.91. The zero-order valence-electron chi connectivity index (χ0n) is 6.88.